The first-order valence-electron chi connectivity index (χ1n) is 8.88. The molecule has 0 spiro atoms. The van der Waals surface area contributed by atoms with E-state index in [-0.39, 0.29) is 23.5 Å². The summed E-state index contributed by atoms with van der Waals surface area (Å²) in [6.07, 6.45) is 1.92. The first-order chi connectivity index (χ1) is 13.0. The van der Waals surface area contributed by atoms with Crippen LogP contribution >= 0.6 is 11.6 Å². The Morgan fingerprint density at radius 1 is 1.19 bits per heavy atom. The Morgan fingerprint density at radius 2 is 1.96 bits per heavy atom. The van der Waals surface area contributed by atoms with E-state index in [1.165, 1.54) is 0 Å². The average Bonchev–Trinajstić information content (AvgIpc) is 3.45. The van der Waals surface area contributed by atoms with E-state index in [0.717, 1.165) is 35.0 Å². The predicted molar refractivity (Wildman–Crippen MR) is 105 cm³/mol. The third-order valence-electron chi connectivity index (χ3n) is 4.72. The SMILES string of the molecule is Cc1c(C(=O)NCc2cccc(NC(=O)C3CC3)c2)oc2c(Cl)cccc12. The van der Waals surface area contributed by atoms with Crippen molar-refractivity contribution < 1.29 is 14.0 Å². The smallest absolute Gasteiger partial charge is 0.287 e. The Morgan fingerprint density at radius 3 is 2.70 bits per heavy atom. The molecule has 138 valence electrons. The molecule has 27 heavy (non-hydrogen) atoms. The minimum absolute atomic E-state index is 0.0611. The number of para-hydroxylation sites is 1. The summed E-state index contributed by atoms with van der Waals surface area (Å²) < 4.78 is 5.69. The zero-order chi connectivity index (χ0) is 19.0. The predicted octanol–water partition coefficient (Wildman–Crippen LogP) is 4.67. The van der Waals surface area contributed by atoms with Gasteiger partial charge in [-0.2, -0.15) is 0 Å². The van der Waals surface area contributed by atoms with Gasteiger partial charge in [0.2, 0.25) is 5.91 Å². The molecule has 2 aromatic carbocycles. The third-order valence-corrected chi connectivity index (χ3v) is 5.02. The molecule has 1 aliphatic rings. The molecule has 3 aromatic rings. The fraction of sp³-hybridized carbons (Fsp3) is 0.238. The molecule has 1 aliphatic carbocycles. The van der Waals surface area contributed by atoms with Crippen molar-refractivity contribution in [1.82, 2.24) is 5.32 Å². The highest BCUT2D eigenvalue weighted by molar-refractivity contribution is 6.35. The lowest BCUT2D eigenvalue weighted by Gasteiger charge is -2.08. The van der Waals surface area contributed by atoms with Gasteiger partial charge in [0.1, 0.15) is 0 Å². The molecular formula is C21H19ClN2O3. The van der Waals surface area contributed by atoms with E-state index in [1.54, 1.807) is 6.07 Å². The highest BCUT2D eigenvalue weighted by atomic mass is 35.5. The molecule has 0 unspecified atom stereocenters. The normalized spacial score (nSPS) is 13.6. The number of halogens is 1. The molecule has 1 aromatic heterocycles. The van der Waals surface area contributed by atoms with E-state index in [4.69, 9.17) is 16.0 Å². The summed E-state index contributed by atoms with van der Waals surface area (Å²) in [7, 11) is 0. The zero-order valence-electron chi connectivity index (χ0n) is 14.8. The molecule has 4 rings (SSSR count). The zero-order valence-corrected chi connectivity index (χ0v) is 15.6. The lowest BCUT2D eigenvalue weighted by molar-refractivity contribution is -0.117. The first kappa shape index (κ1) is 17.6. The number of hydrogen-bond donors (Lipinski definition) is 2. The second-order valence-electron chi connectivity index (χ2n) is 6.82. The summed E-state index contributed by atoms with van der Waals surface area (Å²) >= 11 is 6.15. The van der Waals surface area contributed by atoms with Crippen molar-refractivity contribution in [2.75, 3.05) is 5.32 Å². The summed E-state index contributed by atoms with van der Waals surface area (Å²) in [5, 5.41) is 7.09. The Kier molecular flexibility index (Phi) is 4.62. The summed E-state index contributed by atoms with van der Waals surface area (Å²) in [5.41, 5.74) is 2.91. The van der Waals surface area contributed by atoms with E-state index in [9.17, 15) is 9.59 Å². The van der Waals surface area contributed by atoms with Crippen LogP contribution in [0.4, 0.5) is 5.69 Å². The number of fused-ring (bicyclic) bond motifs is 1. The Balaban J connectivity index is 1.46. The van der Waals surface area contributed by atoms with Gasteiger partial charge in [-0.05, 0) is 43.5 Å². The van der Waals surface area contributed by atoms with Crippen LogP contribution in [0.1, 0.15) is 34.5 Å². The molecule has 1 heterocycles. The number of nitrogens with one attached hydrogen (secondary N) is 2. The van der Waals surface area contributed by atoms with E-state index in [1.807, 2.05) is 43.3 Å². The molecular weight excluding hydrogens is 364 g/mol. The fourth-order valence-electron chi connectivity index (χ4n) is 3.04. The molecule has 1 fully saturated rings. The standard InChI is InChI=1S/C21H19ClN2O3/c1-12-16-6-3-7-17(22)19(16)27-18(12)21(26)23-11-13-4-2-5-15(10-13)24-20(25)14-8-9-14/h2-7,10,14H,8-9,11H2,1H3,(H,23,26)(H,24,25). The second kappa shape index (κ2) is 7.08. The highest BCUT2D eigenvalue weighted by Gasteiger charge is 2.29. The second-order valence-corrected chi connectivity index (χ2v) is 7.23. The molecule has 0 aliphatic heterocycles. The van der Waals surface area contributed by atoms with Crippen LogP contribution in [0.15, 0.2) is 46.9 Å². The molecule has 5 nitrogen and oxygen atoms in total. The van der Waals surface area contributed by atoms with Gasteiger partial charge in [-0.3, -0.25) is 9.59 Å². The molecule has 2 amide bonds. The van der Waals surface area contributed by atoms with Gasteiger partial charge in [0.05, 0.1) is 5.02 Å². The van der Waals surface area contributed by atoms with Crippen LogP contribution in [-0.4, -0.2) is 11.8 Å². The monoisotopic (exact) mass is 382 g/mol. The maximum atomic E-state index is 12.6. The van der Waals surface area contributed by atoms with E-state index in [0.29, 0.717) is 17.2 Å². The van der Waals surface area contributed by atoms with Crippen LogP contribution < -0.4 is 10.6 Å². The minimum atomic E-state index is -0.299. The number of carbonyl (C=O) groups excluding carboxylic acids is 2. The summed E-state index contributed by atoms with van der Waals surface area (Å²) in [6.45, 7) is 2.17. The lowest BCUT2D eigenvalue weighted by Crippen LogP contribution is -2.23. The van der Waals surface area contributed by atoms with Crippen molar-refractivity contribution in [1.29, 1.82) is 0 Å². The van der Waals surface area contributed by atoms with Gasteiger partial charge >= 0.3 is 0 Å². The third kappa shape index (κ3) is 3.69. The fourth-order valence-corrected chi connectivity index (χ4v) is 3.25. The molecule has 0 saturated heterocycles. The Hall–Kier alpha value is -2.79. The van der Waals surface area contributed by atoms with Crippen LogP contribution in [0.5, 0.6) is 0 Å². The van der Waals surface area contributed by atoms with Crippen LogP contribution in [-0.2, 0) is 11.3 Å². The number of hydrogen-bond acceptors (Lipinski definition) is 3. The topological polar surface area (TPSA) is 71.3 Å². The van der Waals surface area contributed by atoms with Gasteiger partial charge in [-0.1, -0.05) is 35.9 Å². The number of aryl methyl sites for hydroxylation is 1. The average molecular weight is 383 g/mol. The molecule has 2 N–H and O–H groups in total. The number of anilines is 1. The van der Waals surface area contributed by atoms with Gasteiger partial charge < -0.3 is 15.1 Å². The number of furan rings is 1. The Bertz CT molecular complexity index is 1040. The highest BCUT2D eigenvalue weighted by Crippen LogP contribution is 2.31. The van der Waals surface area contributed by atoms with Crippen molar-refractivity contribution in [3.05, 3.63) is 64.4 Å². The first-order valence-corrected chi connectivity index (χ1v) is 9.26. The quantitative estimate of drug-likeness (QED) is 0.673. The minimum Gasteiger partial charge on any atom is -0.449 e. The number of carbonyl (C=O) groups is 2. The van der Waals surface area contributed by atoms with Crippen LogP contribution in [0.2, 0.25) is 5.02 Å². The molecule has 0 bridgehead atoms. The van der Waals surface area contributed by atoms with Gasteiger partial charge in [0.25, 0.3) is 5.91 Å². The lowest BCUT2D eigenvalue weighted by atomic mass is 10.1. The van der Waals surface area contributed by atoms with E-state index < -0.39 is 0 Å². The van der Waals surface area contributed by atoms with Crippen molar-refractivity contribution in [3.63, 3.8) is 0 Å². The van der Waals surface area contributed by atoms with Crippen molar-refractivity contribution >= 4 is 40.1 Å². The van der Waals surface area contributed by atoms with Gasteiger partial charge in [-0.15, -0.1) is 0 Å². The number of rotatable bonds is 5. The van der Waals surface area contributed by atoms with Gasteiger partial charge in [0, 0.05) is 29.1 Å². The van der Waals surface area contributed by atoms with Crippen LogP contribution in [0.3, 0.4) is 0 Å². The Labute approximate surface area is 161 Å². The van der Waals surface area contributed by atoms with E-state index in [2.05, 4.69) is 10.6 Å². The van der Waals surface area contributed by atoms with Crippen LogP contribution in [0, 0.1) is 12.8 Å². The van der Waals surface area contributed by atoms with Gasteiger partial charge in [-0.25, -0.2) is 0 Å². The maximum absolute atomic E-state index is 12.6. The van der Waals surface area contributed by atoms with E-state index >= 15 is 0 Å². The van der Waals surface area contributed by atoms with Crippen LogP contribution in [0.25, 0.3) is 11.0 Å². The van der Waals surface area contributed by atoms with Crippen molar-refractivity contribution in [2.24, 2.45) is 5.92 Å². The van der Waals surface area contributed by atoms with Crippen molar-refractivity contribution in [3.8, 4) is 0 Å². The summed E-state index contributed by atoms with van der Waals surface area (Å²) in [5.74, 6) is 0.172. The molecule has 0 radical (unpaired) electrons. The molecule has 0 atom stereocenters. The number of amides is 2. The number of benzene rings is 2. The summed E-state index contributed by atoms with van der Waals surface area (Å²) in [4.78, 5) is 24.4. The van der Waals surface area contributed by atoms with Crippen molar-refractivity contribution in [2.45, 2.75) is 26.3 Å². The largest absolute Gasteiger partial charge is 0.449 e. The maximum Gasteiger partial charge on any atom is 0.287 e. The molecule has 6 heteroatoms. The van der Waals surface area contributed by atoms with Gasteiger partial charge in [0.15, 0.2) is 11.3 Å². The molecule has 1 saturated carbocycles. The summed E-state index contributed by atoms with van der Waals surface area (Å²) in [6, 6.07) is 12.9.